The van der Waals surface area contributed by atoms with Gasteiger partial charge in [0.15, 0.2) is 5.78 Å². The molecule has 0 unspecified atom stereocenters. The van der Waals surface area contributed by atoms with Crippen LogP contribution in [0.25, 0.3) is 0 Å². The fourth-order valence-corrected chi connectivity index (χ4v) is 2.42. The molecule has 0 radical (unpaired) electrons. The Labute approximate surface area is 136 Å². The lowest BCUT2D eigenvalue weighted by Crippen LogP contribution is -2.21. The van der Waals surface area contributed by atoms with E-state index in [4.69, 9.17) is 4.74 Å². The third kappa shape index (κ3) is 4.19. The van der Waals surface area contributed by atoms with Gasteiger partial charge in [-0.3, -0.25) is 9.59 Å². The highest BCUT2D eigenvalue weighted by molar-refractivity contribution is 6.09. The van der Waals surface area contributed by atoms with Crippen LogP contribution in [0.5, 0.6) is 5.75 Å². The number of nitrogens with zero attached hydrogens (tertiary/aromatic N) is 1. The molecule has 0 spiro atoms. The summed E-state index contributed by atoms with van der Waals surface area (Å²) in [4.78, 5) is 25.6. The van der Waals surface area contributed by atoms with Crippen molar-refractivity contribution in [3.8, 4) is 5.75 Å². The highest BCUT2D eigenvalue weighted by Crippen LogP contribution is 2.19. The van der Waals surface area contributed by atoms with Gasteiger partial charge in [-0.2, -0.15) is 0 Å². The molecule has 23 heavy (non-hydrogen) atoms. The van der Waals surface area contributed by atoms with Gasteiger partial charge in [0.25, 0.3) is 0 Å². The summed E-state index contributed by atoms with van der Waals surface area (Å²) in [5, 5.41) is 0. The van der Waals surface area contributed by atoms with Gasteiger partial charge in [-0.1, -0.05) is 0 Å². The molecular formula is C19H21NO3. The highest BCUT2D eigenvalue weighted by atomic mass is 16.5. The normalized spacial score (nSPS) is 10.2. The van der Waals surface area contributed by atoms with Gasteiger partial charge in [-0.25, -0.2) is 0 Å². The van der Waals surface area contributed by atoms with E-state index >= 15 is 0 Å². The number of benzene rings is 2. The van der Waals surface area contributed by atoms with E-state index in [9.17, 15) is 9.59 Å². The molecule has 4 nitrogen and oxygen atoms in total. The first-order chi connectivity index (χ1) is 11.0. The highest BCUT2D eigenvalue weighted by Gasteiger charge is 2.10. The Balaban J connectivity index is 2.15. The summed E-state index contributed by atoms with van der Waals surface area (Å²) in [6.45, 7) is 7.42. The summed E-state index contributed by atoms with van der Waals surface area (Å²) in [6, 6.07) is 14.2. The van der Waals surface area contributed by atoms with Crippen molar-refractivity contribution in [3.05, 3.63) is 59.7 Å². The number of carbonyl (C=O) groups is 2. The Kier molecular flexibility index (Phi) is 5.52. The van der Waals surface area contributed by atoms with Crippen molar-refractivity contribution in [2.45, 2.75) is 20.8 Å². The molecule has 0 N–H and O–H groups in total. The molecule has 0 atom stereocenters. The van der Waals surface area contributed by atoms with Crippen LogP contribution in [0, 0.1) is 0 Å². The quantitative estimate of drug-likeness (QED) is 0.464. The fraction of sp³-hybridized carbons (Fsp3) is 0.263. The Morgan fingerprint density at radius 2 is 1.35 bits per heavy atom. The predicted octanol–water partition coefficient (Wildman–Crippen LogP) is 3.69. The van der Waals surface area contributed by atoms with Gasteiger partial charge in [-0.05, 0) is 62.4 Å². The van der Waals surface area contributed by atoms with E-state index in [0.29, 0.717) is 16.9 Å². The molecule has 0 bridgehead atoms. The molecular weight excluding hydrogens is 290 g/mol. The Morgan fingerprint density at radius 1 is 0.870 bits per heavy atom. The van der Waals surface area contributed by atoms with E-state index in [1.807, 2.05) is 24.3 Å². The maximum absolute atomic E-state index is 12.5. The average molecular weight is 311 g/mol. The Bertz CT molecular complexity index is 671. The average Bonchev–Trinajstić information content (AvgIpc) is 2.56. The number of esters is 1. The van der Waals surface area contributed by atoms with Gasteiger partial charge in [0.1, 0.15) is 5.75 Å². The van der Waals surface area contributed by atoms with Gasteiger partial charge in [0, 0.05) is 36.8 Å². The molecule has 0 heterocycles. The molecule has 0 aromatic heterocycles. The molecule has 0 amide bonds. The van der Waals surface area contributed by atoms with Gasteiger partial charge >= 0.3 is 5.97 Å². The minimum atomic E-state index is -0.379. The molecule has 0 saturated carbocycles. The summed E-state index contributed by atoms with van der Waals surface area (Å²) in [5.74, 6) is 0.00692. The summed E-state index contributed by atoms with van der Waals surface area (Å²) in [5.41, 5.74) is 2.31. The largest absolute Gasteiger partial charge is 0.427 e. The number of carbonyl (C=O) groups excluding carboxylic acids is 2. The summed E-state index contributed by atoms with van der Waals surface area (Å²) in [7, 11) is 0. The summed E-state index contributed by atoms with van der Waals surface area (Å²) < 4.78 is 4.97. The van der Waals surface area contributed by atoms with Crippen LogP contribution >= 0.6 is 0 Å². The van der Waals surface area contributed by atoms with Crippen molar-refractivity contribution < 1.29 is 14.3 Å². The first kappa shape index (κ1) is 16.7. The number of hydrogen-bond donors (Lipinski definition) is 0. The summed E-state index contributed by atoms with van der Waals surface area (Å²) >= 11 is 0. The second-order valence-electron chi connectivity index (χ2n) is 5.17. The number of anilines is 1. The lowest BCUT2D eigenvalue weighted by molar-refractivity contribution is -0.131. The SMILES string of the molecule is CCN(CC)c1ccc(C(=O)c2ccc(OC(C)=O)cc2)cc1. The first-order valence-electron chi connectivity index (χ1n) is 7.73. The van der Waals surface area contributed by atoms with Gasteiger partial charge in [-0.15, -0.1) is 0 Å². The van der Waals surface area contributed by atoms with Crippen LogP contribution in [0.15, 0.2) is 48.5 Å². The number of ketones is 1. The fourth-order valence-electron chi connectivity index (χ4n) is 2.42. The topological polar surface area (TPSA) is 46.6 Å². The molecule has 0 saturated heterocycles. The van der Waals surface area contributed by atoms with Crippen molar-refractivity contribution in [3.63, 3.8) is 0 Å². The standard InChI is InChI=1S/C19H21NO3/c1-4-20(5-2)17-10-6-15(7-11-17)19(22)16-8-12-18(13-9-16)23-14(3)21/h6-13H,4-5H2,1-3H3. The second kappa shape index (κ2) is 7.58. The van der Waals surface area contributed by atoms with Crippen molar-refractivity contribution in [1.82, 2.24) is 0 Å². The third-order valence-electron chi connectivity index (χ3n) is 3.64. The van der Waals surface area contributed by atoms with Crippen molar-refractivity contribution in [2.75, 3.05) is 18.0 Å². The zero-order valence-electron chi connectivity index (χ0n) is 13.7. The van der Waals surface area contributed by atoms with E-state index in [1.54, 1.807) is 24.3 Å². The van der Waals surface area contributed by atoms with Crippen LogP contribution in [0.3, 0.4) is 0 Å². The number of ether oxygens (including phenoxy) is 1. The van der Waals surface area contributed by atoms with Crippen molar-refractivity contribution in [1.29, 1.82) is 0 Å². The zero-order valence-corrected chi connectivity index (χ0v) is 13.7. The van der Waals surface area contributed by atoms with E-state index in [-0.39, 0.29) is 11.8 Å². The first-order valence-corrected chi connectivity index (χ1v) is 7.73. The van der Waals surface area contributed by atoms with E-state index in [0.717, 1.165) is 18.8 Å². The monoisotopic (exact) mass is 311 g/mol. The van der Waals surface area contributed by atoms with Crippen LogP contribution in [0.1, 0.15) is 36.7 Å². The van der Waals surface area contributed by atoms with E-state index < -0.39 is 0 Å². The van der Waals surface area contributed by atoms with Crippen LogP contribution in [-0.4, -0.2) is 24.8 Å². The van der Waals surface area contributed by atoms with E-state index in [2.05, 4.69) is 18.7 Å². The van der Waals surface area contributed by atoms with E-state index in [1.165, 1.54) is 6.92 Å². The van der Waals surface area contributed by atoms with Gasteiger partial charge in [0.2, 0.25) is 0 Å². The maximum Gasteiger partial charge on any atom is 0.308 e. The van der Waals surface area contributed by atoms with Crippen LogP contribution in [-0.2, 0) is 4.79 Å². The van der Waals surface area contributed by atoms with Crippen LogP contribution < -0.4 is 9.64 Å². The Morgan fingerprint density at radius 3 is 1.78 bits per heavy atom. The minimum absolute atomic E-state index is 0.0505. The molecule has 2 rings (SSSR count). The molecule has 0 aliphatic carbocycles. The lowest BCUT2D eigenvalue weighted by Gasteiger charge is -2.21. The second-order valence-corrected chi connectivity index (χ2v) is 5.17. The van der Waals surface area contributed by atoms with Crippen molar-refractivity contribution >= 4 is 17.4 Å². The van der Waals surface area contributed by atoms with Crippen LogP contribution in [0.2, 0.25) is 0 Å². The molecule has 4 heteroatoms. The lowest BCUT2D eigenvalue weighted by atomic mass is 10.0. The number of rotatable bonds is 6. The number of hydrogen-bond acceptors (Lipinski definition) is 4. The molecule has 0 fully saturated rings. The predicted molar refractivity (Wildman–Crippen MR) is 91.2 cm³/mol. The van der Waals surface area contributed by atoms with Gasteiger partial charge < -0.3 is 9.64 Å². The van der Waals surface area contributed by atoms with Crippen LogP contribution in [0.4, 0.5) is 5.69 Å². The molecule has 2 aromatic carbocycles. The molecule has 0 aliphatic heterocycles. The minimum Gasteiger partial charge on any atom is -0.427 e. The van der Waals surface area contributed by atoms with Crippen molar-refractivity contribution in [2.24, 2.45) is 0 Å². The maximum atomic E-state index is 12.5. The summed E-state index contributed by atoms with van der Waals surface area (Å²) in [6.07, 6.45) is 0. The molecule has 120 valence electrons. The molecule has 2 aromatic rings. The van der Waals surface area contributed by atoms with Gasteiger partial charge in [0.05, 0.1) is 0 Å². The third-order valence-corrected chi connectivity index (χ3v) is 3.64. The zero-order chi connectivity index (χ0) is 16.8. The smallest absolute Gasteiger partial charge is 0.308 e. The molecule has 0 aliphatic rings. The Hall–Kier alpha value is -2.62.